The Morgan fingerprint density at radius 2 is 2.21 bits per heavy atom. The van der Waals surface area contributed by atoms with Crippen LogP contribution in [-0.4, -0.2) is 17.3 Å². The zero-order valence-electron chi connectivity index (χ0n) is 11.1. The van der Waals surface area contributed by atoms with Gasteiger partial charge in [0.1, 0.15) is 10.1 Å². The molecule has 0 bridgehead atoms. The molecule has 0 aliphatic carbocycles. The fraction of sp³-hybridized carbons (Fsp3) is 0.357. The Kier molecular flexibility index (Phi) is 5.24. The summed E-state index contributed by atoms with van der Waals surface area (Å²) < 4.78 is 6.68. The molecule has 1 unspecified atom stereocenters. The lowest BCUT2D eigenvalue weighted by Crippen LogP contribution is -2.14. The Morgan fingerprint density at radius 1 is 1.42 bits per heavy atom. The monoisotopic (exact) mass is 294 g/mol. The van der Waals surface area contributed by atoms with Gasteiger partial charge in [-0.2, -0.15) is 0 Å². The van der Waals surface area contributed by atoms with Crippen LogP contribution in [0.4, 0.5) is 0 Å². The second-order valence-electron chi connectivity index (χ2n) is 4.14. The average Bonchev–Trinajstić information content (AvgIpc) is 2.83. The van der Waals surface area contributed by atoms with Crippen LogP contribution < -0.4 is 10.5 Å². The highest BCUT2D eigenvalue weighted by Gasteiger charge is 2.13. The molecule has 0 spiro atoms. The molecule has 3 nitrogen and oxygen atoms in total. The number of thiazole rings is 1. The van der Waals surface area contributed by atoms with Crippen molar-refractivity contribution in [3.63, 3.8) is 0 Å². The third kappa shape index (κ3) is 3.96. The molecule has 1 atom stereocenters. The maximum Gasteiger partial charge on any atom is 0.150 e. The fourth-order valence-electron chi connectivity index (χ4n) is 1.72. The van der Waals surface area contributed by atoms with Crippen LogP contribution in [0.5, 0.6) is 5.75 Å². The highest BCUT2D eigenvalue weighted by Crippen LogP contribution is 2.30. The van der Waals surface area contributed by atoms with E-state index in [4.69, 9.17) is 10.5 Å². The van der Waals surface area contributed by atoms with E-state index in [9.17, 15) is 0 Å². The summed E-state index contributed by atoms with van der Waals surface area (Å²) in [5.41, 5.74) is 8.38. The number of para-hydroxylation sites is 1. The first-order chi connectivity index (χ1) is 9.20. The minimum absolute atomic E-state index is 0.0445. The van der Waals surface area contributed by atoms with E-state index < -0.39 is 0 Å². The number of rotatable bonds is 6. The molecule has 0 aliphatic heterocycles. The van der Waals surface area contributed by atoms with E-state index in [0.717, 1.165) is 27.1 Å². The summed E-state index contributed by atoms with van der Waals surface area (Å²) in [6, 6.07) is 7.92. The highest BCUT2D eigenvalue weighted by molar-refractivity contribution is 8.01. The highest BCUT2D eigenvalue weighted by atomic mass is 32.2. The van der Waals surface area contributed by atoms with E-state index in [-0.39, 0.29) is 6.04 Å². The Bertz CT molecular complexity index is 528. The number of hydrogen-bond donors (Lipinski definition) is 1. The molecule has 1 heterocycles. The molecule has 2 aromatic rings. The zero-order valence-corrected chi connectivity index (χ0v) is 12.8. The lowest BCUT2D eigenvalue weighted by molar-refractivity contribution is 0.335. The van der Waals surface area contributed by atoms with Gasteiger partial charge < -0.3 is 10.5 Å². The average molecular weight is 294 g/mol. The van der Waals surface area contributed by atoms with E-state index in [1.165, 1.54) is 0 Å². The van der Waals surface area contributed by atoms with E-state index in [1.807, 2.05) is 38.1 Å². The van der Waals surface area contributed by atoms with E-state index in [0.29, 0.717) is 6.61 Å². The minimum Gasteiger partial charge on any atom is -0.494 e. The van der Waals surface area contributed by atoms with Crippen LogP contribution in [0.15, 0.2) is 34.0 Å². The van der Waals surface area contributed by atoms with Gasteiger partial charge in [0, 0.05) is 28.4 Å². The number of nitrogens with two attached hydrogens (primary N) is 1. The predicted molar refractivity (Wildman–Crippen MR) is 82.1 cm³/mol. The molecule has 0 saturated heterocycles. The molecular weight excluding hydrogens is 276 g/mol. The van der Waals surface area contributed by atoms with Gasteiger partial charge in [-0.3, -0.25) is 0 Å². The van der Waals surface area contributed by atoms with Gasteiger partial charge in [-0.15, -0.1) is 11.3 Å². The van der Waals surface area contributed by atoms with Crippen molar-refractivity contribution in [2.24, 2.45) is 5.73 Å². The molecule has 2 N–H and O–H groups in total. The Morgan fingerprint density at radius 3 is 2.89 bits per heavy atom. The number of ether oxygens (including phenoxy) is 1. The van der Waals surface area contributed by atoms with Crippen molar-refractivity contribution in [1.29, 1.82) is 0 Å². The van der Waals surface area contributed by atoms with Crippen molar-refractivity contribution in [1.82, 2.24) is 4.98 Å². The van der Waals surface area contributed by atoms with Crippen molar-refractivity contribution in [3.05, 3.63) is 40.9 Å². The van der Waals surface area contributed by atoms with E-state index >= 15 is 0 Å². The van der Waals surface area contributed by atoms with Gasteiger partial charge in [0.15, 0.2) is 0 Å². The minimum atomic E-state index is -0.0445. The number of aryl methyl sites for hydroxylation is 1. The van der Waals surface area contributed by atoms with E-state index in [2.05, 4.69) is 10.4 Å². The molecule has 0 fully saturated rings. The van der Waals surface area contributed by atoms with Gasteiger partial charge in [0.25, 0.3) is 0 Å². The summed E-state index contributed by atoms with van der Waals surface area (Å²) in [4.78, 5) is 4.43. The van der Waals surface area contributed by atoms with Gasteiger partial charge >= 0.3 is 0 Å². The van der Waals surface area contributed by atoms with Crippen LogP contribution in [0.3, 0.4) is 0 Å². The predicted octanol–water partition coefficient (Wildman–Crippen LogP) is 3.64. The summed E-state index contributed by atoms with van der Waals surface area (Å²) in [6.45, 7) is 4.64. The molecule has 0 aliphatic rings. The molecule has 1 aromatic carbocycles. The molecule has 5 heteroatoms. The normalized spacial score (nSPS) is 12.4. The Labute approximate surface area is 122 Å². The lowest BCUT2D eigenvalue weighted by Gasteiger charge is -2.15. The third-order valence-corrected chi connectivity index (χ3v) is 4.86. The molecule has 2 rings (SSSR count). The molecule has 1 aromatic heterocycles. The molecule has 19 heavy (non-hydrogen) atoms. The Hall–Kier alpha value is -1.04. The zero-order chi connectivity index (χ0) is 13.7. The quantitative estimate of drug-likeness (QED) is 0.826. The number of benzene rings is 1. The Balaban J connectivity index is 2.01. The van der Waals surface area contributed by atoms with Crippen LogP contribution >= 0.6 is 23.1 Å². The number of nitrogens with zero attached hydrogens (tertiary/aromatic N) is 1. The summed E-state index contributed by atoms with van der Waals surface area (Å²) in [6.07, 6.45) is 0. The fourth-order valence-corrected chi connectivity index (χ4v) is 3.57. The number of thioether (sulfide) groups is 1. The number of hydrogen-bond acceptors (Lipinski definition) is 5. The maximum absolute atomic E-state index is 6.26. The smallest absolute Gasteiger partial charge is 0.150 e. The first kappa shape index (κ1) is 14.4. The molecule has 0 saturated carbocycles. The summed E-state index contributed by atoms with van der Waals surface area (Å²) in [7, 11) is 0. The van der Waals surface area contributed by atoms with Crippen LogP contribution in [0.25, 0.3) is 0 Å². The van der Waals surface area contributed by atoms with Crippen molar-refractivity contribution >= 4 is 23.1 Å². The first-order valence-corrected chi connectivity index (χ1v) is 8.09. The van der Waals surface area contributed by atoms with Gasteiger partial charge in [-0.05, 0) is 19.9 Å². The van der Waals surface area contributed by atoms with Crippen molar-refractivity contribution in [2.75, 3.05) is 12.4 Å². The summed E-state index contributed by atoms with van der Waals surface area (Å²) >= 11 is 3.36. The van der Waals surface area contributed by atoms with Gasteiger partial charge in [0.05, 0.1) is 6.61 Å². The SMILES string of the molecule is CCOc1ccccc1C(N)CSc1nc(C)cs1. The lowest BCUT2D eigenvalue weighted by atomic mass is 10.1. The van der Waals surface area contributed by atoms with Crippen LogP contribution in [0.2, 0.25) is 0 Å². The van der Waals surface area contributed by atoms with E-state index in [1.54, 1.807) is 23.1 Å². The molecule has 102 valence electrons. The second kappa shape index (κ2) is 6.93. The van der Waals surface area contributed by atoms with Crippen molar-refractivity contribution in [3.8, 4) is 5.75 Å². The van der Waals surface area contributed by atoms with Crippen molar-refractivity contribution < 1.29 is 4.74 Å². The topological polar surface area (TPSA) is 48.1 Å². The maximum atomic E-state index is 6.26. The molecule has 0 radical (unpaired) electrons. The van der Waals surface area contributed by atoms with Gasteiger partial charge in [-0.25, -0.2) is 4.98 Å². The van der Waals surface area contributed by atoms with Crippen molar-refractivity contribution in [2.45, 2.75) is 24.2 Å². The van der Waals surface area contributed by atoms with Gasteiger partial charge in [-0.1, -0.05) is 30.0 Å². The van der Waals surface area contributed by atoms with Crippen LogP contribution in [0, 0.1) is 6.92 Å². The van der Waals surface area contributed by atoms with Gasteiger partial charge in [0.2, 0.25) is 0 Å². The molecular formula is C14H18N2OS2. The largest absolute Gasteiger partial charge is 0.494 e. The van der Waals surface area contributed by atoms with Crippen LogP contribution in [0.1, 0.15) is 24.2 Å². The molecule has 0 amide bonds. The number of aromatic nitrogens is 1. The standard InChI is InChI=1S/C14H18N2OS2/c1-3-17-13-7-5-4-6-11(13)12(15)9-19-14-16-10(2)8-18-14/h4-8,12H,3,9,15H2,1-2H3. The third-order valence-electron chi connectivity index (χ3n) is 2.60. The first-order valence-electron chi connectivity index (χ1n) is 6.23. The summed E-state index contributed by atoms with van der Waals surface area (Å²) in [5.74, 6) is 1.69. The summed E-state index contributed by atoms with van der Waals surface area (Å²) in [5, 5.41) is 2.06. The van der Waals surface area contributed by atoms with Crippen LogP contribution in [-0.2, 0) is 0 Å². The second-order valence-corrected chi connectivity index (χ2v) is 6.27.